The number of aromatic nitrogens is 2. The molecule has 5 heteroatoms. The molecule has 0 spiro atoms. The Bertz CT molecular complexity index is 491. The van der Waals surface area contributed by atoms with E-state index in [1.165, 1.54) is 4.88 Å². The molecule has 0 radical (unpaired) electrons. The van der Waals surface area contributed by atoms with Gasteiger partial charge < -0.3 is 10.1 Å². The number of aryl methyl sites for hydroxylation is 2. The Labute approximate surface area is 105 Å². The minimum absolute atomic E-state index is 0.635. The molecule has 90 valence electrons. The van der Waals surface area contributed by atoms with Gasteiger partial charge in [0.15, 0.2) is 5.13 Å². The average molecular weight is 249 g/mol. The fourth-order valence-corrected chi connectivity index (χ4v) is 2.21. The lowest BCUT2D eigenvalue weighted by Gasteiger charge is -2.04. The molecule has 2 aromatic heterocycles. The van der Waals surface area contributed by atoms with E-state index in [4.69, 9.17) is 4.74 Å². The van der Waals surface area contributed by atoms with Crippen molar-refractivity contribution in [3.8, 4) is 5.88 Å². The third kappa shape index (κ3) is 2.94. The van der Waals surface area contributed by atoms with Crippen molar-refractivity contribution in [3.63, 3.8) is 0 Å². The number of hydrogen-bond acceptors (Lipinski definition) is 5. The van der Waals surface area contributed by atoms with Crippen molar-refractivity contribution < 1.29 is 4.74 Å². The Kier molecular flexibility index (Phi) is 3.58. The zero-order chi connectivity index (χ0) is 12.3. The van der Waals surface area contributed by atoms with Crippen LogP contribution >= 0.6 is 11.3 Å². The minimum atomic E-state index is 0.635. The Morgan fingerprint density at radius 2 is 2.24 bits per heavy atom. The Balaban J connectivity index is 2.01. The maximum Gasteiger partial charge on any atom is 0.213 e. The maximum absolute atomic E-state index is 5.08. The molecule has 0 unspecified atom stereocenters. The highest BCUT2D eigenvalue weighted by atomic mass is 32.1. The van der Waals surface area contributed by atoms with E-state index in [1.807, 2.05) is 19.1 Å². The fraction of sp³-hybridized carbons (Fsp3) is 0.333. The summed E-state index contributed by atoms with van der Waals surface area (Å²) in [6, 6.07) is 3.88. The molecule has 17 heavy (non-hydrogen) atoms. The van der Waals surface area contributed by atoms with E-state index in [2.05, 4.69) is 22.2 Å². The van der Waals surface area contributed by atoms with Crippen molar-refractivity contribution in [1.82, 2.24) is 9.97 Å². The van der Waals surface area contributed by atoms with Gasteiger partial charge in [0.25, 0.3) is 0 Å². The summed E-state index contributed by atoms with van der Waals surface area (Å²) in [7, 11) is 1.62. The molecular formula is C12H15N3OS. The molecule has 0 amide bonds. The molecule has 0 fully saturated rings. The highest BCUT2D eigenvalue weighted by Gasteiger charge is 2.03. The Hall–Kier alpha value is -1.62. The first-order chi connectivity index (χ1) is 8.19. The molecular weight excluding hydrogens is 234 g/mol. The largest absolute Gasteiger partial charge is 0.481 e. The first-order valence-electron chi connectivity index (χ1n) is 5.36. The second-order valence-electron chi connectivity index (χ2n) is 3.72. The number of thiazole rings is 1. The predicted octanol–water partition coefficient (Wildman–Crippen LogP) is 2.78. The minimum Gasteiger partial charge on any atom is -0.481 e. The lowest BCUT2D eigenvalue weighted by atomic mass is 10.3. The van der Waals surface area contributed by atoms with Crippen LogP contribution in [0.15, 0.2) is 18.3 Å². The molecule has 0 atom stereocenters. The van der Waals surface area contributed by atoms with Gasteiger partial charge >= 0.3 is 0 Å². The number of nitrogens with zero attached hydrogens (tertiary/aromatic N) is 2. The van der Waals surface area contributed by atoms with E-state index in [9.17, 15) is 0 Å². The summed E-state index contributed by atoms with van der Waals surface area (Å²) in [4.78, 5) is 9.75. The number of methoxy groups -OCH3 is 1. The Morgan fingerprint density at radius 1 is 1.41 bits per heavy atom. The van der Waals surface area contributed by atoms with Crippen molar-refractivity contribution in [1.29, 1.82) is 0 Å². The predicted molar refractivity (Wildman–Crippen MR) is 69.7 cm³/mol. The second kappa shape index (κ2) is 5.14. The van der Waals surface area contributed by atoms with Crippen LogP contribution in [0.4, 0.5) is 5.13 Å². The third-order valence-corrected chi connectivity index (χ3v) is 3.51. The van der Waals surface area contributed by atoms with E-state index in [0.29, 0.717) is 5.88 Å². The SMILES string of the molecule is COc1cc(CNc2nc(C)c(C)s2)ccn1. The van der Waals surface area contributed by atoms with Crippen LogP contribution in [0.2, 0.25) is 0 Å². The van der Waals surface area contributed by atoms with E-state index in [-0.39, 0.29) is 0 Å². The quantitative estimate of drug-likeness (QED) is 0.905. The summed E-state index contributed by atoms with van der Waals surface area (Å²) in [5.74, 6) is 0.635. The third-order valence-electron chi connectivity index (χ3n) is 2.48. The van der Waals surface area contributed by atoms with Crippen LogP contribution in [0.5, 0.6) is 5.88 Å². The van der Waals surface area contributed by atoms with Crippen LogP contribution in [0.3, 0.4) is 0 Å². The van der Waals surface area contributed by atoms with Crippen LogP contribution in [0, 0.1) is 13.8 Å². The molecule has 0 aromatic carbocycles. The number of hydrogen-bond donors (Lipinski definition) is 1. The van der Waals surface area contributed by atoms with Crippen LogP contribution in [0.25, 0.3) is 0 Å². The smallest absolute Gasteiger partial charge is 0.213 e. The fourth-order valence-electron chi connectivity index (χ4n) is 1.40. The number of pyridine rings is 1. The summed E-state index contributed by atoms with van der Waals surface area (Å²) in [6.45, 7) is 4.82. The Morgan fingerprint density at radius 3 is 2.88 bits per heavy atom. The molecule has 0 saturated carbocycles. The van der Waals surface area contributed by atoms with Gasteiger partial charge in [0.05, 0.1) is 12.8 Å². The number of anilines is 1. The van der Waals surface area contributed by atoms with E-state index in [1.54, 1.807) is 24.6 Å². The highest BCUT2D eigenvalue weighted by molar-refractivity contribution is 7.15. The highest BCUT2D eigenvalue weighted by Crippen LogP contribution is 2.21. The van der Waals surface area contributed by atoms with Gasteiger partial charge in [0, 0.05) is 23.7 Å². The van der Waals surface area contributed by atoms with Gasteiger partial charge in [-0.05, 0) is 25.5 Å². The molecule has 0 bridgehead atoms. The van der Waals surface area contributed by atoms with Crippen LogP contribution in [-0.2, 0) is 6.54 Å². The van der Waals surface area contributed by atoms with Crippen molar-refractivity contribution in [2.75, 3.05) is 12.4 Å². The first-order valence-corrected chi connectivity index (χ1v) is 6.17. The van der Waals surface area contributed by atoms with Crippen molar-refractivity contribution in [2.45, 2.75) is 20.4 Å². The topological polar surface area (TPSA) is 47.0 Å². The van der Waals surface area contributed by atoms with Gasteiger partial charge in [-0.1, -0.05) is 0 Å². The molecule has 0 saturated heterocycles. The zero-order valence-electron chi connectivity index (χ0n) is 10.2. The summed E-state index contributed by atoms with van der Waals surface area (Å²) < 4.78 is 5.08. The average Bonchev–Trinajstić information content (AvgIpc) is 2.67. The van der Waals surface area contributed by atoms with E-state index in [0.717, 1.165) is 22.9 Å². The maximum atomic E-state index is 5.08. The van der Waals surface area contributed by atoms with Crippen molar-refractivity contribution in [3.05, 3.63) is 34.5 Å². The summed E-state index contributed by atoms with van der Waals surface area (Å²) in [6.07, 6.45) is 1.74. The van der Waals surface area contributed by atoms with Gasteiger partial charge in [0.2, 0.25) is 5.88 Å². The molecule has 0 aliphatic rings. The van der Waals surface area contributed by atoms with Gasteiger partial charge in [-0.15, -0.1) is 11.3 Å². The second-order valence-corrected chi connectivity index (χ2v) is 4.92. The number of ether oxygens (including phenoxy) is 1. The molecule has 4 nitrogen and oxygen atoms in total. The zero-order valence-corrected chi connectivity index (χ0v) is 11.0. The van der Waals surface area contributed by atoms with Gasteiger partial charge in [0.1, 0.15) is 0 Å². The van der Waals surface area contributed by atoms with Crippen LogP contribution in [-0.4, -0.2) is 17.1 Å². The normalized spacial score (nSPS) is 10.3. The number of nitrogens with one attached hydrogen (secondary N) is 1. The van der Waals surface area contributed by atoms with Crippen LogP contribution in [0.1, 0.15) is 16.1 Å². The monoisotopic (exact) mass is 249 g/mol. The molecule has 0 aliphatic heterocycles. The van der Waals surface area contributed by atoms with Gasteiger partial charge in [-0.3, -0.25) is 0 Å². The van der Waals surface area contributed by atoms with Crippen molar-refractivity contribution in [2.24, 2.45) is 0 Å². The molecule has 0 aliphatic carbocycles. The van der Waals surface area contributed by atoms with Gasteiger partial charge in [-0.2, -0.15) is 0 Å². The summed E-state index contributed by atoms with van der Waals surface area (Å²) >= 11 is 1.67. The molecule has 1 N–H and O–H groups in total. The summed E-state index contributed by atoms with van der Waals surface area (Å²) in [5.41, 5.74) is 2.21. The van der Waals surface area contributed by atoms with E-state index >= 15 is 0 Å². The lowest BCUT2D eigenvalue weighted by Crippen LogP contribution is -1.99. The van der Waals surface area contributed by atoms with E-state index < -0.39 is 0 Å². The lowest BCUT2D eigenvalue weighted by molar-refractivity contribution is 0.397. The molecule has 2 rings (SSSR count). The number of rotatable bonds is 4. The summed E-state index contributed by atoms with van der Waals surface area (Å²) in [5, 5.41) is 4.25. The molecule has 2 aromatic rings. The van der Waals surface area contributed by atoms with Crippen LogP contribution < -0.4 is 10.1 Å². The van der Waals surface area contributed by atoms with Gasteiger partial charge in [-0.25, -0.2) is 9.97 Å². The standard InChI is InChI=1S/C12H15N3OS/c1-8-9(2)17-12(15-8)14-7-10-4-5-13-11(6-10)16-3/h4-6H,7H2,1-3H3,(H,14,15). The first kappa shape index (κ1) is 11.9. The molecule has 2 heterocycles. The van der Waals surface area contributed by atoms with Crippen molar-refractivity contribution >= 4 is 16.5 Å².